The Morgan fingerprint density at radius 1 is 1.39 bits per heavy atom. The number of nitrogens with zero attached hydrogens (tertiary/aromatic N) is 1. The number of carbonyl (C=O) groups excluding carboxylic acids is 1. The van der Waals surface area contributed by atoms with Crippen molar-refractivity contribution in [3.8, 4) is 0 Å². The number of amides is 1. The average Bonchev–Trinajstić information content (AvgIpc) is 2.89. The molecule has 0 aliphatic heterocycles. The van der Waals surface area contributed by atoms with E-state index in [1.54, 1.807) is 24.3 Å². The first kappa shape index (κ1) is 11.3. The van der Waals surface area contributed by atoms with Crippen molar-refractivity contribution in [2.45, 2.75) is 19.3 Å². The van der Waals surface area contributed by atoms with Crippen LogP contribution in [0.5, 0.6) is 0 Å². The van der Waals surface area contributed by atoms with Crippen LogP contribution in [0, 0.1) is 0 Å². The van der Waals surface area contributed by atoms with Crippen molar-refractivity contribution >= 4 is 23.2 Å². The number of fused-ring (bicyclic) bond motifs is 1. The van der Waals surface area contributed by atoms with E-state index in [-0.39, 0.29) is 5.91 Å². The molecule has 0 saturated carbocycles. The SMILES string of the molecule is O=C(Nc1cccc(Cl)c1)c1n[nH]c2c1CCC2. The Morgan fingerprint density at radius 2 is 2.28 bits per heavy atom. The van der Waals surface area contributed by atoms with Gasteiger partial charge in [-0.1, -0.05) is 17.7 Å². The molecule has 5 heteroatoms. The highest BCUT2D eigenvalue weighted by atomic mass is 35.5. The Bertz CT molecular complexity index is 606. The summed E-state index contributed by atoms with van der Waals surface area (Å²) >= 11 is 5.87. The second-order valence-corrected chi connectivity index (χ2v) is 4.78. The van der Waals surface area contributed by atoms with Gasteiger partial charge in [0.25, 0.3) is 5.91 Å². The lowest BCUT2D eigenvalue weighted by Gasteiger charge is -2.04. The molecule has 1 aromatic carbocycles. The Kier molecular flexibility index (Phi) is 2.80. The van der Waals surface area contributed by atoms with Gasteiger partial charge in [0.1, 0.15) is 0 Å². The average molecular weight is 262 g/mol. The van der Waals surface area contributed by atoms with Crippen molar-refractivity contribution in [3.05, 3.63) is 46.2 Å². The highest BCUT2D eigenvalue weighted by molar-refractivity contribution is 6.30. The van der Waals surface area contributed by atoms with Gasteiger partial charge >= 0.3 is 0 Å². The van der Waals surface area contributed by atoms with Crippen molar-refractivity contribution in [3.63, 3.8) is 0 Å². The number of carbonyl (C=O) groups is 1. The van der Waals surface area contributed by atoms with Gasteiger partial charge in [-0.25, -0.2) is 0 Å². The van der Waals surface area contributed by atoms with Crippen LogP contribution >= 0.6 is 11.6 Å². The van der Waals surface area contributed by atoms with E-state index in [2.05, 4.69) is 15.5 Å². The summed E-state index contributed by atoms with van der Waals surface area (Å²) in [4.78, 5) is 12.1. The molecule has 2 aromatic rings. The molecule has 3 rings (SSSR count). The topological polar surface area (TPSA) is 57.8 Å². The Labute approximate surface area is 109 Å². The smallest absolute Gasteiger partial charge is 0.276 e. The second kappa shape index (κ2) is 4.46. The number of aromatic amines is 1. The van der Waals surface area contributed by atoms with Crippen LogP contribution in [0.3, 0.4) is 0 Å². The zero-order chi connectivity index (χ0) is 12.5. The summed E-state index contributed by atoms with van der Waals surface area (Å²) < 4.78 is 0. The van der Waals surface area contributed by atoms with Crippen molar-refractivity contribution in [1.82, 2.24) is 10.2 Å². The first-order chi connectivity index (χ1) is 8.74. The third-order valence-corrected chi connectivity index (χ3v) is 3.34. The summed E-state index contributed by atoms with van der Waals surface area (Å²) in [6.07, 6.45) is 2.98. The summed E-state index contributed by atoms with van der Waals surface area (Å²) in [6, 6.07) is 7.08. The number of rotatable bonds is 2. The number of halogens is 1. The van der Waals surface area contributed by atoms with Crippen LogP contribution in [0.4, 0.5) is 5.69 Å². The maximum Gasteiger partial charge on any atom is 0.276 e. The van der Waals surface area contributed by atoms with E-state index in [1.807, 2.05) is 0 Å². The molecular formula is C13H12ClN3O. The van der Waals surface area contributed by atoms with Crippen LogP contribution in [0.25, 0.3) is 0 Å². The van der Waals surface area contributed by atoms with E-state index in [9.17, 15) is 4.79 Å². The largest absolute Gasteiger partial charge is 0.321 e. The molecule has 1 heterocycles. The third-order valence-electron chi connectivity index (χ3n) is 3.10. The van der Waals surface area contributed by atoms with E-state index in [0.717, 1.165) is 30.5 Å². The number of H-pyrrole nitrogens is 1. The van der Waals surface area contributed by atoms with Gasteiger partial charge in [0.05, 0.1) is 0 Å². The van der Waals surface area contributed by atoms with E-state index in [0.29, 0.717) is 16.4 Å². The molecule has 0 fully saturated rings. The first-order valence-electron chi connectivity index (χ1n) is 5.87. The summed E-state index contributed by atoms with van der Waals surface area (Å²) in [6.45, 7) is 0. The molecule has 2 N–H and O–H groups in total. The highest BCUT2D eigenvalue weighted by Crippen LogP contribution is 2.23. The van der Waals surface area contributed by atoms with Gasteiger partial charge in [0.15, 0.2) is 5.69 Å². The van der Waals surface area contributed by atoms with E-state index in [4.69, 9.17) is 11.6 Å². The van der Waals surface area contributed by atoms with Gasteiger partial charge in [-0.3, -0.25) is 9.89 Å². The summed E-state index contributed by atoms with van der Waals surface area (Å²) in [5, 5.41) is 10.4. The van der Waals surface area contributed by atoms with Gasteiger partial charge in [0.2, 0.25) is 0 Å². The molecule has 0 spiro atoms. The summed E-state index contributed by atoms with van der Waals surface area (Å²) in [5.74, 6) is -0.184. The van der Waals surface area contributed by atoms with E-state index >= 15 is 0 Å². The van der Waals surface area contributed by atoms with Gasteiger partial charge in [-0.2, -0.15) is 5.10 Å². The third kappa shape index (κ3) is 1.99. The lowest BCUT2D eigenvalue weighted by molar-refractivity contribution is 0.102. The van der Waals surface area contributed by atoms with Gasteiger partial charge in [-0.15, -0.1) is 0 Å². The molecule has 1 amide bonds. The number of benzene rings is 1. The van der Waals surface area contributed by atoms with Crippen LogP contribution in [-0.2, 0) is 12.8 Å². The van der Waals surface area contributed by atoms with Crippen LogP contribution in [0.15, 0.2) is 24.3 Å². The van der Waals surface area contributed by atoms with Crippen molar-refractivity contribution < 1.29 is 4.79 Å². The lowest BCUT2D eigenvalue weighted by atomic mass is 10.2. The van der Waals surface area contributed by atoms with Gasteiger partial charge < -0.3 is 5.32 Å². The number of hydrogen-bond acceptors (Lipinski definition) is 2. The zero-order valence-electron chi connectivity index (χ0n) is 9.66. The van der Waals surface area contributed by atoms with E-state index < -0.39 is 0 Å². The maximum absolute atomic E-state index is 12.1. The molecule has 0 radical (unpaired) electrons. The van der Waals surface area contributed by atoms with Gasteiger partial charge in [0, 0.05) is 22.0 Å². The predicted molar refractivity (Wildman–Crippen MR) is 70.0 cm³/mol. The minimum atomic E-state index is -0.184. The van der Waals surface area contributed by atoms with Crippen molar-refractivity contribution in [2.75, 3.05) is 5.32 Å². The van der Waals surface area contributed by atoms with Crippen LogP contribution in [-0.4, -0.2) is 16.1 Å². The van der Waals surface area contributed by atoms with Gasteiger partial charge in [-0.05, 0) is 37.5 Å². The molecule has 18 heavy (non-hydrogen) atoms. The monoisotopic (exact) mass is 261 g/mol. The number of anilines is 1. The Morgan fingerprint density at radius 3 is 3.11 bits per heavy atom. The van der Waals surface area contributed by atoms with Crippen molar-refractivity contribution in [2.24, 2.45) is 0 Å². The molecular weight excluding hydrogens is 250 g/mol. The Balaban J connectivity index is 1.83. The molecule has 0 saturated heterocycles. The highest BCUT2D eigenvalue weighted by Gasteiger charge is 2.22. The molecule has 1 aromatic heterocycles. The quantitative estimate of drug-likeness (QED) is 0.873. The minimum Gasteiger partial charge on any atom is -0.321 e. The fraction of sp³-hybridized carbons (Fsp3) is 0.231. The number of aryl methyl sites for hydroxylation is 1. The molecule has 0 atom stereocenters. The lowest BCUT2D eigenvalue weighted by Crippen LogP contribution is -2.14. The standard InChI is InChI=1S/C13H12ClN3O/c14-8-3-1-4-9(7-8)15-13(18)12-10-5-2-6-11(10)16-17-12/h1,3-4,7H,2,5-6H2,(H,15,18)(H,16,17). The number of nitrogens with one attached hydrogen (secondary N) is 2. The molecule has 92 valence electrons. The van der Waals surface area contributed by atoms with Crippen LogP contribution in [0.1, 0.15) is 28.2 Å². The minimum absolute atomic E-state index is 0.184. The second-order valence-electron chi connectivity index (χ2n) is 4.35. The van der Waals surface area contributed by atoms with Crippen LogP contribution < -0.4 is 5.32 Å². The van der Waals surface area contributed by atoms with Crippen LogP contribution in [0.2, 0.25) is 5.02 Å². The van der Waals surface area contributed by atoms with Crippen molar-refractivity contribution in [1.29, 1.82) is 0 Å². The summed E-state index contributed by atoms with van der Waals surface area (Å²) in [5.41, 5.74) is 3.32. The fourth-order valence-corrected chi connectivity index (χ4v) is 2.45. The Hall–Kier alpha value is -1.81. The molecule has 4 nitrogen and oxygen atoms in total. The number of aromatic nitrogens is 2. The molecule has 0 unspecified atom stereocenters. The molecule has 0 bridgehead atoms. The first-order valence-corrected chi connectivity index (χ1v) is 6.25. The normalized spacial score (nSPS) is 13.4. The predicted octanol–water partition coefficient (Wildman–Crippen LogP) is 2.80. The maximum atomic E-state index is 12.1. The fourth-order valence-electron chi connectivity index (χ4n) is 2.26. The molecule has 1 aliphatic rings. The molecule has 1 aliphatic carbocycles. The van der Waals surface area contributed by atoms with E-state index in [1.165, 1.54) is 0 Å². The number of hydrogen-bond donors (Lipinski definition) is 2. The zero-order valence-corrected chi connectivity index (χ0v) is 10.4. The summed E-state index contributed by atoms with van der Waals surface area (Å²) in [7, 11) is 0.